The summed E-state index contributed by atoms with van der Waals surface area (Å²) < 4.78 is 53.1. The summed E-state index contributed by atoms with van der Waals surface area (Å²) in [4.78, 5) is 95.1. The van der Waals surface area contributed by atoms with Gasteiger partial charge in [-0.2, -0.15) is 0 Å². The van der Waals surface area contributed by atoms with Crippen LogP contribution in [0.25, 0.3) is 11.3 Å². The van der Waals surface area contributed by atoms with Crippen LogP contribution in [-0.4, -0.2) is 164 Å². The highest BCUT2D eigenvalue weighted by Crippen LogP contribution is 2.39. The molecular formula is C52H72F2N8O12. The summed E-state index contributed by atoms with van der Waals surface area (Å²) in [5, 5.41) is 21.0. The number of nitrogens with zero attached hydrogens (tertiary/aromatic N) is 4. The van der Waals surface area contributed by atoms with Gasteiger partial charge in [0.1, 0.15) is 36.1 Å². The number of aromatic nitrogens is 2. The first-order chi connectivity index (χ1) is 35.3. The number of hydrogen-bond donors (Lipinski definition) is 5. The Balaban J connectivity index is 1.14. The maximum absolute atomic E-state index is 15.1. The summed E-state index contributed by atoms with van der Waals surface area (Å²) >= 11 is 0. The zero-order valence-corrected chi connectivity index (χ0v) is 43.2. The van der Waals surface area contributed by atoms with E-state index < -0.39 is 77.2 Å². The van der Waals surface area contributed by atoms with Gasteiger partial charge >= 0.3 is 0 Å². The number of carbonyl (C=O) groups excluding carboxylic acids is 7. The predicted octanol–water partition coefficient (Wildman–Crippen LogP) is 2.82. The molecule has 1 aliphatic heterocycles. The van der Waals surface area contributed by atoms with Crippen molar-refractivity contribution in [2.75, 3.05) is 85.6 Å². The van der Waals surface area contributed by atoms with Crippen molar-refractivity contribution >= 4 is 41.4 Å². The Morgan fingerprint density at radius 3 is 1.99 bits per heavy atom. The van der Waals surface area contributed by atoms with Crippen LogP contribution < -0.4 is 21.3 Å². The second-order valence-corrected chi connectivity index (χ2v) is 18.9. The lowest BCUT2D eigenvalue weighted by Crippen LogP contribution is -2.54. The Labute approximate surface area is 430 Å². The summed E-state index contributed by atoms with van der Waals surface area (Å²) in [5.74, 6) is -4.49. The van der Waals surface area contributed by atoms with E-state index in [1.807, 2.05) is 51.1 Å². The van der Waals surface area contributed by atoms with Crippen molar-refractivity contribution in [1.82, 2.24) is 40.6 Å². The molecule has 2 aromatic carbocycles. The monoisotopic (exact) mass is 1040 g/mol. The summed E-state index contributed by atoms with van der Waals surface area (Å²) in [7, 11) is 0. The topological polar surface area (TPSA) is 249 Å². The zero-order valence-electron chi connectivity index (χ0n) is 43.2. The lowest BCUT2D eigenvalue weighted by Gasteiger charge is -2.40. The van der Waals surface area contributed by atoms with Crippen LogP contribution in [0.5, 0.6) is 0 Å². The van der Waals surface area contributed by atoms with Crippen LogP contribution >= 0.6 is 0 Å². The highest BCUT2D eigenvalue weighted by Gasteiger charge is 2.38. The van der Waals surface area contributed by atoms with E-state index in [1.54, 1.807) is 24.6 Å². The van der Waals surface area contributed by atoms with Crippen molar-refractivity contribution in [1.29, 1.82) is 0 Å². The van der Waals surface area contributed by atoms with Gasteiger partial charge in [0.2, 0.25) is 29.5 Å². The van der Waals surface area contributed by atoms with Crippen LogP contribution in [0.1, 0.15) is 78.2 Å². The smallest absolute Gasteiger partial charge is 0.253 e. The Morgan fingerprint density at radius 1 is 0.757 bits per heavy atom. The molecule has 1 aliphatic rings. The molecule has 3 atom stereocenters. The van der Waals surface area contributed by atoms with Gasteiger partial charge in [-0.3, -0.25) is 38.5 Å². The maximum Gasteiger partial charge on any atom is 0.253 e. The van der Waals surface area contributed by atoms with Crippen molar-refractivity contribution in [3.63, 3.8) is 0 Å². The Hall–Kier alpha value is -6.46. The molecule has 22 heteroatoms. The van der Waals surface area contributed by atoms with E-state index in [2.05, 4.69) is 21.3 Å². The van der Waals surface area contributed by atoms with Gasteiger partial charge in [-0.15, -0.1) is 0 Å². The fraction of sp³-hybridized carbons (Fsp3) is 0.538. The molecule has 1 unspecified atom stereocenters. The fourth-order valence-corrected chi connectivity index (χ4v) is 7.77. The average molecular weight is 1040 g/mol. The van der Waals surface area contributed by atoms with Gasteiger partial charge in [-0.05, 0) is 48.4 Å². The minimum atomic E-state index is -0.988. The molecule has 1 aromatic heterocycles. The second kappa shape index (κ2) is 30.7. The molecule has 0 radical (unpaired) electrons. The van der Waals surface area contributed by atoms with Gasteiger partial charge in [-0.25, -0.2) is 13.8 Å². The number of amides is 7. The van der Waals surface area contributed by atoms with Gasteiger partial charge in [0.15, 0.2) is 0 Å². The van der Waals surface area contributed by atoms with Crippen molar-refractivity contribution in [3.8, 4) is 11.3 Å². The standard InChI is InChI=1S/C52H72F2N8O12/c1-35(2)47(59-43(65)18-23-71-25-27-73-29-30-74-28-26-72-24-20-55-42(64)17-22-61-44(66)15-16-45(61)67)51(70)57-36(3)50(69)56-19-10-21-62(46(68)34-63)48(52(4,5)6)49-58-41(39-31-38(53)13-14-40(39)54)33-60(49)32-37-11-8-7-9-12-37/h7-9,11-16,31,33,35-36,47-48,63H,10,17-30,32,34H2,1-6H3,(H,55,64)(H,56,69)(H,57,70)(H,59,65)/t36-,47-,48?/m0/s1. The minimum absolute atomic E-state index is 0.00377. The molecule has 74 heavy (non-hydrogen) atoms. The number of rotatable bonds is 33. The van der Waals surface area contributed by atoms with E-state index in [4.69, 9.17) is 23.9 Å². The van der Waals surface area contributed by atoms with Gasteiger partial charge < -0.3 is 54.8 Å². The molecule has 20 nitrogen and oxygen atoms in total. The number of imidazole rings is 1. The molecule has 5 N–H and O–H groups in total. The number of nitrogens with one attached hydrogen (secondary N) is 4. The lowest BCUT2D eigenvalue weighted by molar-refractivity contribution is -0.140. The lowest BCUT2D eigenvalue weighted by atomic mass is 9.84. The predicted molar refractivity (Wildman–Crippen MR) is 267 cm³/mol. The van der Waals surface area contributed by atoms with E-state index in [1.165, 1.54) is 24.0 Å². The summed E-state index contributed by atoms with van der Waals surface area (Å²) in [6, 6.07) is 9.85. The van der Waals surface area contributed by atoms with Crippen molar-refractivity contribution in [3.05, 3.63) is 89.9 Å². The highest BCUT2D eigenvalue weighted by atomic mass is 19.1. The molecule has 3 aromatic rings. The van der Waals surface area contributed by atoms with E-state index >= 15 is 4.39 Å². The normalized spacial score (nSPS) is 13.7. The van der Waals surface area contributed by atoms with Gasteiger partial charge in [0.25, 0.3) is 11.8 Å². The van der Waals surface area contributed by atoms with E-state index in [9.17, 15) is 43.1 Å². The number of benzene rings is 2. The number of carbonyl (C=O) groups is 7. The molecule has 0 bridgehead atoms. The average Bonchev–Trinajstić information content (AvgIpc) is 3.91. The van der Waals surface area contributed by atoms with Crippen molar-refractivity contribution in [2.45, 2.75) is 85.5 Å². The Kier molecular flexibility index (Phi) is 24.9. The van der Waals surface area contributed by atoms with Crippen LogP contribution in [0.3, 0.4) is 0 Å². The summed E-state index contributed by atoms with van der Waals surface area (Å²) in [6.45, 7) is 12.7. The van der Waals surface area contributed by atoms with Gasteiger partial charge in [0, 0.05) is 69.5 Å². The zero-order chi connectivity index (χ0) is 54.2. The molecular weight excluding hydrogens is 967 g/mol. The number of ether oxygens (including phenoxy) is 4. The quantitative estimate of drug-likeness (QED) is 0.0436. The number of imide groups is 1. The van der Waals surface area contributed by atoms with Crippen molar-refractivity contribution < 1.29 is 66.4 Å². The van der Waals surface area contributed by atoms with Gasteiger partial charge in [0.05, 0.1) is 64.6 Å². The molecule has 0 saturated carbocycles. The molecule has 0 fully saturated rings. The Morgan fingerprint density at radius 2 is 1.38 bits per heavy atom. The van der Waals surface area contributed by atoms with E-state index in [0.29, 0.717) is 38.8 Å². The third kappa shape index (κ3) is 19.8. The Bertz CT molecular complexity index is 2340. The van der Waals surface area contributed by atoms with Crippen LogP contribution in [0.4, 0.5) is 8.78 Å². The molecule has 0 saturated heterocycles. The molecule has 0 aliphatic carbocycles. The van der Waals surface area contributed by atoms with Crippen LogP contribution in [0, 0.1) is 23.0 Å². The minimum Gasteiger partial charge on any atom is -0.387 e. The van der Waals surface area contributed by atoms with Crippen LogP contribution in [0.2, 0.25) is 0 Å². The summed E-state index contributed by atoms with van der Waals surface area (Å²) in [5.41, 5.74) is 0.321. The van der Waals surface area contributed by atoms with Crippen molar-refractivity contribution in [2.24, 2.45) is 11.3 Å². The number of aliphatic hydroxyl groups excluding tert-OH is 1. The van der Waals surface area contributed by atoms with Crippen LogP contribution in [-0.2, 0) is 59.1 Å². The first-order valence-corrected chi connectivity index (χ1v) is 24.8. The third-order valence-electron chi connectivity index (χ3n) is 11.6. The van der Waals surface area contributed by atoms with Crippen LogP contribution in [0.15, 0.2) is 66.9 Å². The first-order valence-electron chi connectivity index (χ1n) is 24.8. The van der Waals surface area contributed by atoms with Gasteiger partial charge in [-0.1, -0.05) is 65.0 Å². The largest absolute Gasteiger partial charge is 0.387 e. The van der Waals surface area contributed by atoms with E-state index in [0.717, 1.165) is 28.7 Å². The molecule has 406 valence electrons. The van der Waals surface area contributed by atoms with E-state index in [-0.39, 0.29) is 95.0 Å². The molecule has 0 spiro atoms. The second-order valence-electron chi connectivity index (χ2n) is 18.9. The highest BCUT2D eigenvalue weighted by molar-refractivity contribution is 6.13. The summed E-state index contributed by atoms with van der Waals surface area (Å²) in [6.07, 6.45) is 4.18. The third-order valence-corrected chi connectivity index (χ3v) is 11.6. The number of halogens is 2. The SMILES string of the molecule is CC(C)[C@H](NC(=O)CCOCCOCCOCCOCCNC(=O)CCN1C(=O)C=CC1=O)C(=O)N[C@@H](C)C(=O)NCCCN(C(=O)CO)C(c1nc(-c2cc(F)ccc2F)cn1Cc1ccccc1)C(C)(C)C. The molecule has 2 heterocycles. The fourth-order valence-electron chi connectivity index (χ4n) is 7.77. The first kappa shape index (κ1) is 60.1. The molecule has 4 rings (SSSR count). The number of aliphatic hydroxyl groups is 1. The maximum atomic E-state index is 15.1. The number of hydrogen-bond acceptors (Lipinski definition) is 13. The molecule has 7 amide bonds.